The maximum absolute atomic E-state index is 10.7. The lowest BCUT2D eigenvalue weighted by atomic mass is 10.3. The van der Waals surface area contributed by atoms with E-state index in [0.29, 0.717) is 12.0 Å². The predicted molar refractivity (Wildman–Crippen MR) is 68.0 cm³/mol. The molecule has 1 fully saturated rings. The molecule has 1 amide bonds. The zero-order valence-electron chi connectivity index (χ0n) is 9.22. The molecule has 2 unspecified atom stereocenters. The molecule has 3 rings (SSSR count). The van der Waals surface area contributed by atoms with Crippen LogP contribution >= 0.6 is 11.3 Å². The number of rotatable bonds is 4. The summed E-state index contributed by atoms with van der Waals surface area (Å²) in [5, 5.41) is 4.30. The van der Waals surface area contributed by atoms with Gasteiger partial charge in [-0.05, 0) is 18.6 Å². The van der Waals surface area contributed by atoms with Crippen molar-refractivity contribution in [1.29, 1.82) is 0 Å². The van der Waals surface area contributed by atoms with Gasteiger partial charge in [-0.25, -0.2) is 4.98 Å². The van der Waals surface area contributed by atoms with E-state index in [9.17, 15) is 4.79 Å². The van der Waals surface area contributed by atoms with Gasteiger partial charge in [0.15, 0.2) is 0 Å². The third-order valence-corrected chi connectivity index (χ3v) is 4.12. The zero-order valence-corrected chi connectivity index (χ0v) is 10.0. The quantitative estimate of drug-likeness (QED) is 0.853. The third kappa shape index (κ3) is 2.16. The lowest BCUT2D eigenvalue weighted by molar-refractivity contribution is -0.117. The molecule has 4 nitrogen and oxygen atoms in total. The van der Waals surface area contributed by atoms with E-state index in [2.05, 4.69) is 16.4 Å². The average Bonchev–Trinajstić information content (AvgIpc) is 2.96. The van der Waals surface area contributed by atoms with Crippen LogP contribution in [0, 0.1) is 0 Å². The maximum Gasteiger partial charge on any atom is 0.231 e. The van der Waals surface area contributed by atoms with Gasteiger partial charge in [0.2, 0.25) is 5.91 Å². The Labute approximate surface area is 103 Å². The first-order valence-electron chi connectivity index (χ1n) is 5.61. The number of carbonyl (C=O) groups excluding carboxylic acids is 1. The molecule has 1 heterocycles. The largest absolute Gasteiger partial charge is 0.369 e. The van der Waals surface area contributed by atoms with Gasteiger partial charge in [-0.2, -0.15) is 0 Å². The molecule has 0 radical (unpaired) electrons. The van der Waals surface area contributed by atoms with Crippen LogP contribution in [0.15, 0.2) is 24.3 Å². The molecule has 1 aromatic heterocycles. The van der Waals surface area contributed by atoms with Crippen LogP contribution in [0.25, 0.3) is 10.2 Å². The van der Waals surface area contributed by atoms with Crippen LogP contribution in [0.2, 0.25) is 0 Å². The molecule has 1 aliphatic carbocycles. The van der Waals surface area contributed by atoms with Crippen LogP contribution in [0.5, 0.6) is 0 Å². The third-order valence-electron chi connectivity index (χ3n) is 2.96. The van der Waals surface area contributed by atoms with Crippen molar-refractivity contribution in [3.8, 4) is 0 Å². The summed E-state index contributed by atoms with van der Waals surface area (Å²) in [5.41, 5.74) is 6.16. The molecule has 2 atom stereocenters. The van der Waals surface area contributed by atoms with Crippen LogP contribution in [-0.4, -0.2) is 23.5 Å². The number of benzene rings is 1. The summed E-state index contributed by atoms with van der Waals surface area (Å²) in [6.45, 7) is 0.256. The van der Waals surface area contributed by atoms with Crippen LogP contribution in [0.1, 0.15) is 17.3 Å². The molecule has 1 saturated carbocycles. The normalized spacial score (nSPS) is 22.8. The number of para-hydroxylation sites is 1. The highest BCUT2D eigenvalue weighted by atomic mass is 32.1. The van der Waals surface area contributed by atoms with Crippen molar-refractivity contribution < 1.29 is 4.79 Å². The molecule has 5 heteroatoms. The molecule has 2 aromatic rings. The molecule has 17 heavy (non-hydrogen) atoms. The number of carbonyl (C=O) groups is 1. The molecule has 0 aliphatic heterocycles. The van der Waals surface area contributed by atoms with E-state index < -0.39 is 0 Å². The number of amides is 1. The summed E-state index contributed by atoms with van der Waals surface area (Å²) in [6, 6.07) is 8.51. The van der Waals surface area contributed by atoms with E-state index in [1.165, 1.54) is 4.70 Å². The monoisotopic (exact) mass is 247 g/mol. The van der Waals surface area contributed by atoms with E-state index >= 15 is 0 Å². The summed E-state index contributed by atoms with van der Waals surface area (Å²) in [5.74, 6) is 0.145. The Hall–Kier alpha value is -1.46. The number of hydrogen-bond acceptors (Lipinski definition) is 4. The van der Waals surface area contributed by atoms with E-state index in [-0.39, 0.29) is 12.5 Å². The fourth-order valence-corrected chi connectivity index (χ4v) is 3.12. The van der Waals surface area contributed by atoms with Crippen molar-refractivity contribution in [2.45, 2.75) is 18.4 Å². The number of aromatic nitrogens is 1. The first-order chi connectivity index (χ1) is 8.24. The number of primary amides is 1. The minimum absolute atomic E-state index is 0.256. The first-order valence-corrected chi connectivity index (χ1v) is 6.43. The predicted octanol–water partition coefficient (Wildman–Crippen LogP) is 1.23. The van der Waals surface area contributed by atoms with Gasteiger partial charge < -0.3 is 11.1 Å². The van der Waals surface area contributed by atoms with Crippen molar-refractivity contribution in [3.05, 3.63) is 29.3 Å². The smallest absolute Gasteiger partial charge is 0.231 e. The summed E-state index contributed by atoms with van der Waals surface area (Å²) in [7, 11) is 0. The number of nitrogens with one attached hydrogen (secondary N) is 1. The number of nitrogens with zero attached hydrogens (tertiary/aromatic N) is 1. The minimum atomic E-state index is -0.306. The lowest BCUT2D eigenvalue weighted by Gasteiger charge is -1.98. The van der Waals surface area contributed by atoms with Crippen LogP contribution in [-0.2, 0) is 4.79 Å². The Morgan fingerprint density at radius 2 is 2.35 bits per heavy atom. The van der Waals surface area contributed by atoms with Crippen molar-refractivity contribution in [2.24, 2.45) is 5.73 Å². The van der Waals surface area contributed by atoms with E-state index in [1.54, 1.807) is 11.3 Å². The molecule has 0 saturated heterocycles. The van der Waals surface area contributed by atoms with Crippen LogP contribution in [0.4, 0.5) is 0 Å². The number of hydrogen-bond donors (Lipinski definition) is 2. The molecule has 0 spiro atoms. The van der Waals surface area contributed by atoms with Crippen LogP contribution in [0.3, 0.4) is 0 Å². The van der Waals surface area contributed by atoms with Gasteiger partial charge in [0.1, 0.15) is 0 Å². The number of nitrogens with two attached hydrogens (primary N) is 1. The Balaban J connectivity index is 1.72. The average molecular weight is 247 g/mol. The second-order valence-corrected chi connectivity index (χ2v) is 5.38. The van der Waals surface area contributed by atoms with Crippen LogP contribution < -0.4 is 11.1 Å². The van der Waals surface area contributed by atoms with Crippen molar-refractivity contribution >= 4 is 27.5 Å². The topological polar surface area (TPSA) is 68.0 Å². The Morgan fingerprint density at radius 1 is 1.53 bits per heavy atom. The SMILES string of the molecule is NC(=O)CNC1CC1c1nc2ccccc2s1. The van der Waals surface area contributed by atoms with Gasteiger partial charge in [0.25, 0.3) is 0 Å². The fraction of sp³-hybridized carbons (Fsp3) is 0.333. The Bertz CT molecular complexity index is 533. The molecule has 88 valence electrons. The summed E-state index contributed by atoms with van der Waals surface area (Å²) in [6.07, 6.45) is 1.05. The highest BCUT2D eigenvalue weighted by Gasteiger charge is 2.40. The highest BCUT2D eigenvalue weighted by Crippen LogP contribution is 2.43. The minimum Gasteiger partial charge on any atom is -0.369 e. The fourth-order valence-electron chi connectivity index (χ4n) is 1.97. The zero-order chi connectivity index (χ0) is 11.8. The van der Waals surface area contributed by atoms with E-state index in [0.717, 1.165) is 16.9 Å². The highest BCUT2D eigenvalue weighted by molar-refractivity contribution is 7.18. The first kappa shape index (κ1) is 10.7. The van der Waals surface area contributed by atoms with E-state index in [1.807, 2.05) is 18.2 Å². The molecule has 0 bridgehead atoms. The number of fused-ring (bicyclic) bond motifs is 1. The van der Waals surface area contributed by atoms with Gasteiger partial charge in [-0.15, -0.1) is 11.3 Å². The van der Waals surface area contributed by atoms with E-state index in [4.69, 9.17) is 5.73 Å². The second kappa shape index (κ2) is 4.09. The number of thiazole rings is 1. The molecule has 1 aliphatic rings. The Morgan fingerprint density at radius 3 is 3.12 bits per heavy atom. The van der Waals surface area contributed by atoms with Crippen molar-refractivity contribution in [1.82, 2.24) is 10.3 Å². The van der Waals surface area contributed by atoms with Gasteiger partial charge in [-0.3, -0.25) is 4.79 Å². The standard InChI is InChI=1S/C12H13N3OS/c13-11(16)6-14-9-5-7(9)12-15-8-3-1-2-4-10(8)17-12/h1-4,7,9,14H,5-6H2,(H2,13,16). The molecule has 1 aromatic carbocycles. The van der Waals surface area contributed by atoms with Gasteiger partial charge in [0.05, 0.1) is 21.8 Å². The van der Waals surface area contributed by atoms with Crippen molar-refractivity contribution in [3.63, 3.8) is 0 Å². The molecular formula is C12H13N3OS. The van der Waals surface area contributed by atoms with Crippen molar-refractivity contribution in [2.75, 3.05) is 6.54 Å². The second-order valence-electron chi connectivity index (χ2n) is 4.32. The molecule has 3 N–H and O–H groups in total. The van der Waals surface area contributed by atoms with Gasteiger partial charge in [-0.1, -0.05) is 12.1 Å². The lowest BCUT2D eigenvalue weighted by Crippen LogP contribution is -2.30. The summed E-state index contributed by atoms with van der Waals surface area (Å²) in [4.78, 5) is 15.3. The van der Waals surface area contributed by atoms with Gasteiger partial charge in [0, 0.05) is 12.0 Å². The summed E-state index contributed by atoms with van der Waals surface area (Å²) >= 11 is 1.74. The maximum atomic E-state index is 10.7. The molecular weight excluding hydrogens is 234 g/mol. The summed E-state index contributed by atoms with van der Waals surface area (Å²) < 4.78 is 1.23. The Kier molecular flexibility index (Phi) is 2.57. The van der Waals surface area contributed by atoms with Gasteiger partial charge >= 0.3 is 0 Å².